The van der Waals surface area contributed by atoms with Crippen molar-refractivity contribution in [2.45, 2.75) is 39.2 Å². The van der Waals surface area contributed by atoms with Gasteiger partial charge in [0.25, 0.3) is 0 Å². The van der Waals surface area contributed by atoms with Gasteiger partial charge in [-0.3, -0.25) is 9.36 Å². The fourth-order valence-electron chi connectivity index (χ4n) is 1.29. The Bertz CT molecular complexity index is 369. The fourth-order valence-corrected chi connectivity index (χ4v) is 2.29. The summed E-state index contributed by atoms with van der Waals surface area (Å²) in [6.45, 7) is 5.61. The summed E-state index contributed by atoms with van der Waals surface area (Å²) in [6, 6.07) is 0. The van der Waals surface area contributed by atoms with Crippen molar-refractivity contribution >= 4 is 19.5 Å². The minimum absolute atomic E-state index is 0.187. The number of carbonyl (C=O) groups excluding carboxylic acids is 2. The Hall–Kier alpha value is -0.910. The lowest BCUT2D eigenvalue weighted by Crippen LogP contribution is -2.33. The molecule has 118 valence electrons. The first kappa shape index (κ1) is 19.1. The van der Waals surface area contributed by atoms with Crippen LogP contribution in [0.5, 0.6) is 0 Å². The van der Waals surface area contributed by atoms with Gasteiger partial charge in [-0.15, -0.1) is 0 Å². The van der Waals surface area contributed by atoms with Crippen LogP contribution >= 0.6 is 7.60 Å². The van der Waals surface area contributed by atoms with E-state index in [-0.39, 0.29) is 18.4 Å². The summed E-state index contributed by atoms with van der Waals surface area (Å²) >= 11 is 0. The number of hydrogen-bond donors (Lipinski definition) is 1. The lowest BCUT2D eigenvalue weighted by Gasteiger charge is -2.19. The molecule has 0 aliphatic carbocycles. The Balaban J connectivity index is 3.89. The van der Waals surface area contributed by atoms with Gasteiger partial charge < -0.3 is 19.1 Å². The SMILES string of the molecule is COP(=O)(CC(=O)CCCNC(=O)OC(C)(C)C)OC. The van der Waals surface area contributed by atoms with Crippen molar-refractivity contribution in [2.24, 2.45) is 0 Å². The number of rotatable bonds is 8. The smallest absolute Gasteiger partial charge is 0.407 e. The highest BCUT2D eigenvalue weighted by atomic mass is 31.2. The maximum absolute atomic E-state index is 11.7. The van der Waals surface area contributed by atoms with E-state index in [1.807, 2.05) is 0 Å². The van der Waals surface area contributed by atoms with Crippen molar-refractivity contribution in [3.05, 3.63) is 0 Å². The third kappa shape index (κ3) is 9.07. The van der Waals surface area contributed by atoms with Crippen molar-refractivity contribution in [2.75, 3.05) is 26.9 Å². The summed E-state index contributed by atoms with van der Waals surface area (Å²) in [5, 5.41) is 2.54. The molecule has 0 saturated heterocycles. The number of Topliss-reactive ketones (excluding diaryl/α,β-unsaturated/α-hetero) is 1. The molecule has 0 aromatic heterocycles. The summed E-state index contributed by atoms with van der Waals surface area (Å²) in [5.74, 6) is -0.233. The summed E-state index contributed by atoms with van der Waals surface area (Å²) in [5.41, 5.74) is -0.552. The number of ether oxygens (including phenoxy) is 1. The summed E-state index contributed by atoms with van der Waals surface area (Å²) < 4.78 is 26.1. The Labute approximate surface area is 119 Å². The highest BCUT2D eigenvalue weighted by Gasteiger charge is 2.25. The summed E-state index contributed by atoms with van der Waals surface area (Å²) in [7, 11) is -0.819. The molecule has 0 spiro atoms. The molecule has 0 aromatic carbocycles. The third-order valence-corrected chi connectivity index (χ3v) is 4.08. The molecule has 0 aliphatic rings. The van der Waals surface area contributed by atoms with E-state index < -0.39 is 19.3 Å². The molecule has 0 atom stereocenters. The molecule has 1 N–H and O–H groups in total. The molecular formula is C12H24NO6P. The number of nitrogens with one attached hydrogen (secondary N) is 1. The van der Waals surface area contributed by atoms with Crippen LogP contribution in [-0.4, -0.2) is 44.4 Å². The molecule has 1 amide bonds. The van der Waals surface area contributed by atoms with Crippen molar-refractivity contribution in [1.82, 2.24) is 5.32 Å². The molecule has 0 saturated carbocycles. The highest BCUT2D eigenvalue weighted by Crippen LogP contribution is 2.46. The first-order valence-electron chi connectivity index (χ1n) is 6.31. The maximum atomic E-state index is 11.7. The second-order valence-corrected chi connectivity index (χ2v) is 7.47. The largest absolute Gasteiger partial charge is 0.444 e. The van der Waals surface area contributed by atoms with E-state index in [9.17, 15) is 14.2 Å². The van der Waals surface area contributed by atoms with Crippen LogP contribution in [0.2, 0.25) is 0 Å². The van der Waals surface area contributed by atoms with Gasteiger partial charge in [0.2, 0.25) is 0 Å². The van der Waals surface area contributed by atoms with Crippen molar-refractivity contribution < 1.29 is 27.9 Å². The number of ketones is 1. The molecule has 0 unspecified atom stereocenters. The third-order valence-electron chi connectivity index (χ3n) is 2.23. The molecule has 0 radical (unpaired) electrons. The summed E-state index contributed by atoms with van der Waals surface area (Å²) in [6.07, 6.45) is -0.158. The van der Waals surface area contributed by atoms with Crippen LogP contribution in [0, 0.1) is 0 Å². The molecule has 0 aliphatic heterocycles. The molecule has 0 heterocycles. The van der Waals surface area contributed by atoms with Gasteiger partial charge in [-0.25, -0.2) is 4.79 Å². The molecule has 8 heteroatoms. The number of hydrogen-bond acceptors (Lipinski definition) is 6. The monoisotopic (exact) mass is 309 g/mol. The Morgan fingerprint density at radius 1 is 1.15 bits per heavy atom. The van der Waals surface area contributed by atoms with E-state index >= 15 is 0 Å². The molecule has 7 nitrogen and oxygen atoms in total. The normalized spacial score (nSPS) is 12.1. The highest BCUT2D eigenvalue weighted by molar-refractivity contribution is 7.54. The zero-order valence-corrected chi connectivity index (χ0v) is 13.6. The minimum atomic E-state index is -3.29. The number of alkyl carbamates (subject to hydrolysis) is 1. The fraction of sp³-hybridized carbons (Fsp3) is 0.833. The van der Waals surface area contributed by atoms with Crippen LogP contribution in [-0.2, 0) is 23.1 Å². The van der Waals surface area contributed by atoms with Crippen LogP contribution in [0.1, 0.15) is 33.6 Å². The van der Waals surface area contributed by atoms with Crippen LogP contribution in [0.3, 0.4) is 0 Å². The van der Waals surface area contributed by atoms with Gasteiger partial charge >= 0.3 is 13.7 Å². The quantitative estimate of drug-likeness (QED) is 0.546. The van der Waals surface area contributed by atoms with Gasteiger partial charge in [-0.2, -0.15) is 0 Å². The van der Waals surface area contributed by atoms with Gasteiger partial charge in [-0.1, -0.05) is 0 Å². The number of carbonyl (C=O) groups is 2. The predicted octanol–water partition coefficient (Wildman–Crippen LogP) is 2.35. The van der Waals surface area contributed by atoms with Crippen molar-refractivity contribution in [3.8, 4) is 0 Å². The van der Waals surface area contributed by atoms with Crippen molar-refractivity contribution in [3.63, 3.8) is 0 Å². The molecule has 0 bridgehead atoms. The Morgan fingerprint density at radius 3 is 2.15 bits per heavy atom. The average Bonchev–Trinajstić information content (AvgIpc) is 2.32. The van der Waals surface area contributed by atoms with E-state index in [0.717, 1.165) is 0 Å². The van der Waals surface area contributed by atoms with Crippen LogP contribution in [0.15, 0.2) is 0 Å². The van der Waals surface area contributed by atoms with Gasteiger partial charge in [-0.05, 0) is 27.2 Å². The molecule has 0 aromatic rings. The van der Waals surface area contributed by atoms with Crippen molar-refractivity contribution in [1.29, 1.82) is 0 Å². The molecule has 0 rings (SSSR count). The second-order valence-electron chi connectivity index (χ2n) is 5.21. The zero-order valence-electron chi connectivity index (χ0n) is 12.7. The van der Waals surface area contributed by atoms with Gasteiger partial charge in [0, 0.05) is 27.2 Å². The topological polar surface area (TPSA) is 90.9 Å². The lowest BCUT2D eigenvalue weighted by molar-refractivity contribution is -0.117. The van der Waals surface area contributed by atoms with Gasteiger partial charge in [0.15, 0.2) is 0 Å². The van der Waals surface area contributed by atoms with E-state index in [1.54, 1.807) is 20.8 Å². The first-order chi connectivity index (χ1) is 9.12. The van der Waals surface area contributed by atoms with E-state index in [2.05, 4.69) is 14.4 Å². The first-order valence-corrected chi connectivity index (χ1v) is 8.04. The second kappa shape index (κ2) is 8.39. The minimum Gasteiger partial charge on any atom is -0.444 e. The van der Waals surface area contributed by atoms with E-state index in [4.69, 9.17) is 4.74 Å². The Morgan fingerprint density at radius 2 is 1.70 bits per heavy atom. The van der Waals surface area contributed by atoms with Gasteiger partial charge in [0.05, 0.1) is 0 Å². The summed E-state index contributed by atoms with van der Waals surface area (Å²) in [4.78, 5) is 22.9. The molecule has 0 fully saturated rings. The van der Waals surface area contributed by atoms with E-state index in [0.29, 0.717) is 13.0 Å². The van der Waals surface area contributed by atoms with Crippen LogP contribution < -0.4 is 5.32 Å². The van der Waals surface area contributed by atoms with Crippen LogP contribution in [0.4, 0.5) is 4.79 Å². The number of amides is 1. The maximum Gasteiger partial charge on any atom is 0.407 e. The van der Waals surface area contributed by atoms with E-state index in [1.165, 1.54) is 14.2 Å². The predicted molar refractivity (Wildman–Crippen MR) is 75.0 cm³/mol. The standard InChI is InChI=1S/C12H24NO6P/c1-12(2,3)19-11(15)13-8-6-7-10(14)9-20(16,17-4)18-5/h6-9H2,1-5H3,(H,13,15). The Kier molecular flexibility index (Phi) is 8.01. The average molecular weight is 309 g/mol. The lowest BCUT2D eigenvalue weighted by atomic mass is 10.2. The molecule has 20 heavy (non-hydrogen) atoms. The zero-order chi connectivity index (χ0) is 15.8. The van der Waals surface area contributed by atoms with Gasteiger partial charge in [0.1, 0.15) is 17.5 Å². The van der Waals surface area contributed by atoms with Crippen LogP contribution in [0.25, 0.3) is 0 Å². The molecular weight excluding hydrogens is 285 g/mol.